The molecule has 59 heavy (non-hydrogen) atoms. The molecule has 3 amide bonds. The minimum absolute atomic E-state index is 0.00930. The number of carbonyl (C=O) groups excluding carboxylic acids is 3. The summed E-state index contributed by atoms with van der Waals surface area (Å²) in [5, 5.41) is 16.5. The Balaban J connectivity index is 1.23. The van der Waals surface area contributed by atoms with Gasteiger partial charge in [-0.25, -0.2) is 14.4 Å². The number of aromatic nitrogens is 3. The number of halogens is 4. The van der Waals surface area contributed by atoms with Gasteiger partial charge in [0.15, 0.2) is 5.82 Å². The number of ether oxygens (including phenoxy) is 1. The van der Waals surface area contributed by atoms with Crippen molar-refractivity contribution >= 4 is 40.7 Å². The fraction of sp³-hybridized carbons (Fsp3) is 0.366. The first-order valence-electron chi connectivity index (χ1n) is 18.8. The Kier molecular flexibility index (Phi) is 10.9. The summed E-state index contributed by atoms with van der Waals surface area (Å²) in [6.07, 6.45) is -0.781. The van der Waals surface area contributed by atoms with E-state index in [1.165, 1.54) is 36.1 Å². The highest BCUT2D eigenvalue weighted by atomic mass is 19.4. The molecule has 0 spiro atoms. The number of aliphatic hydroxyl groups is 1. The molecule has 4 aromatic rings. The molecule has 1 unspecified atom stereocenters. The Bertz CT molecular complexity index is 2430. The number of aliphatic hydroxyl groups excluding tert-OH is 1. The number of hydrogen-bond acceptors (Lipinski definition) is 10. The maximum atomic E-state index is 15.6. The van der Waals surface area contributed by atoms with Crippen LogP contribution < -0.4 is 21.1 Å². The first-order valence-corrected chi connectivity index (χ1v) is 18.8. The van der Waals surface area contributed by atoms with Crippen LogP contribution in [0.15, 0.2) is 66.2 Å². The molecule has 1 atom stereocenters. The van der Waals surface area contributed by atoms with E-state index < -0.39 is 47.4 Å². The second-order valence-corrected chi connectivity index (χ2v) is 15.2. The van der Waals surface area contributed by atoms with E-state index in [-0.39, 0.29) is 70.1 Å². The van der Waals surface area contributed by atoms with Crippen LogP contribution in [0.1, 0.15) is 52.5 Å². The quantitative estimate of drug-likeness (QED) is 0.152. The molecular weight excluding hydrogens is 776 g/mol. The first kappa shape index (κ1) is 41.2. The summed E-state index contributed by atoms with van der Waals surface area (Å²) in [6.45, 7) is 6.76. The number of nitrogens with one attached hydrogen (secondary N) is 2. The SMILES string of the molecule is C=CC(=O)Nc1cc(Nc2nc(-c3ccnc(N4CCc5cc(C(C)(C)C(F)(F)F)cc(F)c5C4=O)c3CO)cn(C)c2=O)ccc1C1C(=O)N(C)CCN1C1COC1. The third-order valence-corrected chi connectivity index (χ3v) is 11.2. The van der Waals surface area contributed by atoms with E-state index in [1.807, 2.05) is 0 Å². The van der Waals surface area contributed by atoms with Crippen molar-refractivity contribution in [2.24, 2.45) is 7.05 Å². The molecule has 0 saturated carbocycles. The lowest BCUT2D eigenvalue weighted by atomic mass is 9.81. The van der Waals surface area contributed by atoms with Gasteiger partial charge in [-0.3, -0.25) is 29.0 Å². The Morgan fingerprint density at radius 2 is 1.81 bits per heavy atom. The molecule has 18 heteroatoms. The maximum Gasteiger partial charge on any atom is 0.397 e. The highest BCUT2D eigenvalue weighted by Crippen LogP contribution is 2.43. The first-order chi connectivity index (χ1) is 27.9. The van der Waals surface area contributed by atoms with Crippen LogP contribution in [0.4, 0.5) is 40.6 Å². The monoisotopic (exact) mass is 818 g/mol. The van der Waals surface area contributed by atoms with E-state index >= 15 is 4.39 Å². The van der Waals surface area contributed by atoms with Gasteiger partial charge in [0.25, 0.3) is 11.5 Å². The fourth-order valence-electron chi connectivity index (χ4n) is 7.50. The molecule has 3 N–H and O–H groups in total. The molecule has 7 rings (SSSR count). The molecule has 310 valence electrons. The van der Waals surface area contributed by atoms with E-state index in [1.54, 1.807) is 30.1 Å². The minimum Gasteiger partial charge on any atom is -0.392 e. The molecule has 3 aliphatic rings. The number of nitrogens with zero attached hydrogens (tertiary/aromatic N) is 6. The largest absolute Gasteiger partial charge is 0.397 e. The summed E-state index contributed by atoms with van der Waals surface area (Å²) in [4.78, 5) is 67.3. The lowest BCUT2D eigenvalue weighted by Crippen LogP contribution is -2.59. The number of rotatable bonds is 10. The van der Waals surface area contributed by atoms with Crippen molar-refractivity contribution in [2.45, 2.75) is 50.6 Å². The minimum atomic E-state index is -4.67. The number of hydrogen-bond donors (Lipinski definition) is 3. The van der Waals surface area contributed by atoms with Gasteiger partial charge in [-0.2, -0.15) is 13.2 Å². The molecule has 0 bridgehead atoms. The van der Waals surface area contributed by atoms with E-state index in [4.69, 9.17) is 4.74 Å². The van der Waals surface area contributed by atoms with E-state index in [9.17, 15) is 37.5 Å². The average molecular weight is 819 g/mol. The lowest BCUT2D eigenvalue weighted by molar-refractivity contribution is -0.180. The van der Waals surface area contributed by atoms with Crippen LogP contribution in [0.2, 0.25) is 0 Å². The van der Waals surface area contributed by atoms with Crippen molar-refractivity contribution in [1.29, 1.82) is 0 Å². The van der Waals surface area contributed by atoms with E-state index in [0.29, 0.717) is 43.2 Å². The second kappa shape index (κ2) is 15.6. The number of pyridine rings is 1. The number of likely N-dealkylation sites (N-methyl/N-ethyl adjacent to an activating group) is 1. The van der Waals surface area contributed by atoms with Crippen LogP contribution in [0.5, 0.6) is 0 Å². The predicted molar refractivity (Wildman–Crippen MR) is 210 cm³/mol. The van der Waals surface area contributed by atoms with Crippen molar-refractivity contribution in [3.63, 3.8) is 0 Å². The average Bonchev–Trinajstić information content (AvgIpc) is 3.17. The third kappa shape index (κ3) is 7.47. The van der Waals surface area contributed by atoms with Crippen LogP contribution in [-0.4, -0.2) is 99.3 Å². The highest BCUT2D eigenvalue weighted by Gasteiger charge is 2.49. The standard InChI is InChI=1S/C41H42F4N8O6/c1-6-32(55)48-30-17-24(7-8-27(30)34-38(57)50(4)13-14-52(34)25-20-59-21-25)47-35-39(58)51(5)18-31(49-35)26-9-11-46-36(28(26)19-54)53-12-10-22-15-23(40(2,3)41(43,44)45)16-29(42)33(22)37(53)56/h6-9,11,15-18,25,34,54H,1,10,12-14,19-21H2,2-5H3,(H,47,49)(H,48,55). The molecular formula is C41H42F4N8O6. The van der Waals surface area contributed by atoms with Gasteiger partial charge >= 0.3 is 6.18 Å². The van der Waals surface area contributed by atoms with Crippen molar-refractivity contribution in [2.75, 3.05) is 55.4 Å². The van der Waals surface area contributed by atoms with Gasteiger partial charge in [0.2, 0.25) is 11.8 Å². The van der Waals surface area contributed by atoms with Gasteiger partial charge in [-0.1, -0.05) is 18.7 Å². The number of piperazine rings is 1. The predicted octanol–water partition coefficient (Wildman–Crippen LogP) is 4.60. The van der Waals surface area contributed by atoms with Gasteiger partial charge in [0.05, 0.1) is 42.5 Å². The molecule has 14 nitrogen and oxygen atoms in total. The number of alkyl halides is 3. The van der Waals surface area contributed by atoms with Gasteiger partial charge in [0.1, 0.15) is 17.7 Å². The normalized spacial score (nSPS) is 17.7. The molecule has 2 fully saturated rings. The smallest absolute Gasteiger partial charge is 0.392 e. The van der Waals surface area contributed by atoms with Gasteiger partial charge in [-0.15, -0.1) is 0 Å². The van der Waals surface area contributed by atoms with Crippen molar-refractivity contribution in [3.8, 4) is 11.3 Å². The van der Waals surface area contributed by atoms with Gasteiger partial charge in [0, 0.05) is 74.2 Å². The number of benzene rings is 2. The number of carbonyl (C=O) groups is 3. The number of amides is 3. The van der Waals surface area contributed by atoms with Crippen LogP contribution >= 0.6 is 0 Å². The van der Waals surface area contributed by atoms with Crippen LogP contribution in [0.25, 0.3) is 11.3 Å². The summed E-state index contributed by atoms with van der Waals surface area (Å²) >= 11 is 0. The molecule has 5 heterocycles. The Morgan fingerprint density at radius 1 is 1.07 bits per heavy atom. The van der Waals surface area contributed by atoms with Crippen LogP contribution in [0.3, 0.4) is 0 Å². The van der Waals surface area contributed by atoms with Crippen LogP contribution in [-0.2, 0) is 39.8 Å². The molecule has 0 aliphatic carbocycles. The Morgan fingerprint density at radius 3 is 2.47 bits per heavy atom. The van der Waals surface area contributed by atoms with E-state index in [0.717, 1.165) is 30.9 Å². The zero-order valence-corrected chi connectivity index (χ0v) is 32.7. The Labute approximate surface area is 336 Å². The summed E-state index contributed by atoms with van der Waals surface area (Å²) in [5.41, 5.74) is -1.72. The second-order valence-electron chi connectivity index (χ2n) is 15.2. The zero-order valence-electron chi connectivity index (χ0n) is 32.7. The maximum absolute atomic E-state index is 15.6. The van der Waals surface area contributed by atoms with Crippen LogP contribution in [0, 0.1) is 5.82 Å². The lowest BCUT2D eigenvalue weighted by Gasteiger charge is -2.46. The fourth-order valence-corrected chi connectivity index (χ4v) is 7.50. The zero-order chi connectivity index (χ0) is 42.6. The van der Waals surface area contributed by atoms with Gasteiger partial charge < -0.3 is 29.9 Å². The summed E-state index contributed by atoms with van der Waals surface area (Å²) in [6, 6.07) is 7.68. The van der Waals surface area contributed by atoms with Crippen molar-refractivity contribution < 1.29 is 41.8 Å². The van der Waals surface area contributed by atoms with Gasteiger partial charge in [-0.05, 0) is 61.7 Å². The molecule has 2 saturated heterocycles. The Hall–Kier alpha value is -5.98. The summed E-state index contributed by atoms with van der Waals surface area (Å²) in [7, 11) is 3.21. The number of aryl methyl sites for hydroxylation is 1. The molecule has 0 radical (unpaired) electrons. The third-order valence-electron chi connectivity index (χ3n) is 11.2. The molecule has 2 aromatic carbocycles. The highest BCUT2D eigenvalue weighted by molar-refractivity contribution is 6.08. The number of fused-ring (bicyclic) bond motifs is 1. The number of anilines is 4. The molecule has 2 aromatic heterocycles. The molecule has 3 aliphatic heterocycles. The van der Waals surface area contributed by atoms with Crippen molar-refractivity contribution in [1.82, 2.24) is 24.3 Å². The topological polar surface area (TPSA) is 162 Å². The van der Waals surface area contributed by atoms with Crippen molar-refractivity contribution in [3.05, 3.63) is 105 Å². The van der Waals surface area contributed by atoms with E-state index in [2.05, 4.69) is 32.1 Å². The summed E-state index contributed by atoms with van der Waals surface area (Å²) in [5.74, 6) is -2.79. The summed E-state index contributed by atoms with van der Waals surface area (Å²) < 4.78 is 63.7.